The smallest absolute Gasteiger partial charge is 0.165 e. The monoisotopic (exact) mass is 651 g/mol. The summed E-state index contributed by atoms with van der Waals surface area (Å²) >= 11 is 0. The van der Waals surface area contributed by atoms with Crippen LogP contribution < -0.4 is 0 Å². The Labute approximate surface area is 294 Å². The molecule has 0 saturated carbocycles. The molecule has 0 aliphatic rings. The largest absolute Gasteiger partial charge is 0.456 e. The molecule has 0 aliphatic heterocycles. The molecule has 0 N–H and O–H groups in total. The second-order valence-electron chi connectivity index (χ2n) is 12.8. The van der Waals surface area contributed by atoms with Gasteiger partial charge in [-0.05, 0) is 68.1 Å². The fraction of sp³-hybridized carbons (Fsp3) is 0. The van der Waals surface area contributed by atoms with Crippen LogP contribution in [0.3, 0.4) is 0 Å². The topological polar surface area (TPSA) is 51.8 Å². The van der Waals surface area contributed by atoms with Gasteiger partial charge in [-0.25, -0.2) is 15.0 Å². The summed E-state index contributed by atoms with van der Waals surface area (Å²) in [4.78, 5) is 15.2. The maximum absolute atomic E-state index is 6.68. The Morgan fingerprint density at radius 1 is 0.314 bits per heavy atom. The lowest BCUT2D eigenvalue weighted by Gasteiger charge is -2.11. The van der Waals surface area contributed by atoms with Crippen LogP contribution in [0.4, 0.5) is 0 Å². The highest BCUT2D eigenvalue weighted by molar-refractivity contribution is 6.20. The molecule has 0 unspecified atom stereocenters. The molecule has 0 saturated heterocycles. The van der Waals surface area contributed by atoms with Crippen LogP contribution in [-0.2, 0) is 0 Å². The van der Waals surface area contributed by atoms with Crippen LogP contribution in [0, 0.1) is 0 Å². The van der Waals surface area contributed by atoms with Crippen LogP contribution in [0.25, 0.3) is 99.9 Å². The summed E-state index contributed by atoms with van der Waals surface area (Å²) in [5.74, 6) is 1.87. The maximum Gasteiger partial charge on any atom is 0.165 e. The summed E-state index contributed by atoms with van der Waals surface area (Å²) in [6.07, 6.45) is 0. The zero-order chi connectivity index (χ0) is 33.7. The van der Waals surface area contributed by atoms with Crippen LogP contribution in [0.2, 0.25) is 0 Å². The lowest BCUT2D eigenvalue weighted by Crippen LogP contribution is -2.00. The molecule has 0 spiro atoms. The molecule has 4 heteroatoms. The molecule has 51 heavy (non-hydrogen) atoms. The Morgan fingerprint density at radius 2 is 0.843 bits per heavy atom. The van der Waals surface area contributed by atoms with Crippen LogP contribution in [-0.4, -0.2) is 15.0 Å². The van der Waals surface area contributed by atoms with Crippen molar-refractivity contribution < 1.29 is 4.42 Å². The number of fused-ring (bicyclic) bond motifs is 5. The normalized spacial score (nSPS) is 11.5. The maximum atomic E-state index is 6.68. The second-order valence-corrected chi connectivity index (χ2v) is 12.8. The first-order valence-electron chi connectivity index (χ1n) is 17.1. The summed E-state index contributed by atoms with van der Waals surface area (Å²) in [6, 6.07) is 61.1. The first-order chi connectivity index (χ1) is 25.2. The van der Waals surface area contributed by atoms with Crippen LogP contribution in [0.5, 0.6) is 0 Å². The molecular formula is C47H29N3O. The summed E-state index contributed by atoms with van der Waals surface area (Å²) in [5.41, 5.74) is 9.03. The number of furan rings is 1. The molecule has 2 heterocycles. The van der Waals surface area contributed by atoms with E-state index in [1.165, 1.54) is 21.9 Å². The van der Waals surface area contributed by atoms with Gasteiger partial charge in [0.25, 0.3) is 0 Å². The van der Waals surface area contributed by atoms with Crippen molar-refractivity contribution in [3.05, 3.63) is 176 Å². The quantitative estimate of drug-likeness (QED) is 0.186. The van der Waals surface area contributed by atoms with E-state index in [1.54, 1.807) is 0 Å². The number of aromatic nitrogens is 3. The molecule has 10 aromatic rings. The van der Waals surface area contributed by atoms with Crippen molar-refractivity contribution in [3.8, 4) is 56.4 Å². The van der Waals surface area contributed by atoms with Crippen molar-refractivity contribution in [1.82, 2.24) is 15.0 Å². The first-order valence-corrected chi connectivity index (χ1v) is 17.1. The van der Waals surface area contributed by atoms with E-state index >= 15 is 0 Å². The zero-order valence-corrected chi connectivity index (χ0v) is 27.5. The van der Waals surface area contributed by atoms with Crippen molar-refractivity contribution in [1.29, 1.82) is 0 Å². The van der Waals surface area contributed by atoms with E-state index in [2.05, 4.69) is 115 Å². The summed E-state index contributed by atoms with van der Waals surface area (Å²) < 4.78 is 6.68. The first kappa shape index (κ1) is 29.0. The molecule has 0 aliphatic carbocycles. The molecule has 0 amide bonds. The Morgan fingerprint density at radius 3 is 1.53 bits per heavy atom. The fourth-order valence-corrected chi connectivity index (χ4v) is 7.16. The third kappa shape index (κ3) is 5.13. The number of hydrogen-bond donors (Lipinski definition) is 0. The SMILES string of the molecule is c1ccc(-c2nc(-c3ccccc3)nc(-c3c4ccccc4cc4oc5cc(-c6ccc(-c7ccc8ccccc8c7)cc6)ccc5c34)n2)cc1. The number of rotatable bonds is 5. The van der Waals surface area contributed by atoms with Gasteiger partial charge in [-0.3, -0.25) is 0 Å². The molecule has 4 nitrogen and oxygen atoms in total. The van der Waals surface area contributed by atoms with Crippen molar-refractivity contribution >= 4 is 43.5 Å². The van der Waals surface area contributed by atoms with Gasteiger partial charge in [0.15, 0.2) is 17.5 Å². The average Bonchev–Trinajstić information content (AvgIpc) is 3.57. The molecule has 8 aromatic carbocycles. The third-order valence-electron chi connectivity index (χ3n) is 9.71. The van der Waals surface area contributed by atoms with Gasteiger partial charge in [-0.1, -0.05) is 152 Å². The van der Waals surface area contributed by atoms with E-state index in [1.807, 2.05) is 60.7 Å². The lowest BCUT2D eigenvalue weighted by atomic mass is 9.96. The van der Waals surface area contributed by atoms with E-state index < -0.39 is 0 Å². The zero-order valence-electron chi connectivity index (χ0n) is 27.5. The van der Waals surface area contributed by atoms with E-state index in [-0.39, 0.29) is 0 Å². The molecule has 0 bridgehead atoms. The van der Waals surface area contributed by atoms with Gasteiger partial charge in [0.1, 0.15) is 11.2 Å². The van der Waals surface area contributed by atoms with Crippen molar-refractivity contribution in [3.63, 3.8) is 0 Å². The van der Waals surface area contributed by atoms with Gasteiger partial charge in [0, 0.05) is 27.5 Å². The Balaban J connectivity index is 1.13. The highest BCUT2D eigenvalue weighted by Crippen LogP contribution is 2.42. The van der Waals surface area contributed by atoms with E-state index in [9.17, 15) is 0 Å². The minimum absolute atomic E-state index is 0.612. The minimum atomic E-state index is 0.612. The Hall–Kier alpha value is -6.91. The van der Waals surface area contributed by atoms with Gasteiger partial charge in [0.05, 0.1) is 0 Å². The molecule has 2 aromatic heterocycles. The highest BCUT2D eigenvalue weighted by atomic mass is 16.3. The number of nitrogens with zero attached hydrogens (tertiary/aromatic N) is 3. The van der Waals surface area contributed by atoms with Gasteiger partial charge in [0.2, 0.25) is 0 Å². The van der Waals surface area contributed by atoms with Crippen LogP contribution in [0.1, 0.15) is 0 Å². The molecule has 0 atom stereocenters. The van der Waals surface area contributed by atoms with Crippen molar-refractivity contribution in [2.45, 2.75) is 0 Å². The summed E-state index contributed by atoms with van der Waals surface area (Å²) in [6.45, 7) is 0. The number of benzene rings is 8. The van der Waals surface area contributed by atoms with Gasteiger partial charge in [-0.15, -0.1) is 0 Å². The van der Waals surface area contributed by atoms with E-state index in [0.717, 1.165) is 60.5 Å². The minimum Gasteiger partial charge on any atom is -0.456 e. The standard InChI is InChI=1S/C47H29N3O/c1-3-12-33(13-4-1)45-48-46(34-14-5-2-6-15-34)50-47(49-45)44-39-18-10-9-17-38(39)29-42-43(44)40-26-25-37(28-41(40)51-42)32-21-19-31(20-22-32)36-24-23-30-11-7-8-16-35(30)27-36/h1-29H. The van der Waals surface area contributed by atoms with Gasteiger partial charge < -0.3 is 4.42 Å². The molecule has 238 valence electrons. The van der Waals surface area contributed by atoms with E-state index in [4.69, 9.17) is 19.4 Å². The van der Waals surface area contributed by atoms with E-state index in [0.29, 0.717) is 17.5 Å². The predicted molar refractivity (Wildman–Crippen MR) is 209 cm³/mol. The number of hydrogen-bond acceptors (Lipinski definition) is 4. The Kier molecular flexibility index (Phi) is 6.78. The molecular weight excluding hydrogens is 623 g/mol. The van der Waals surface area contributed by atoms with Crippen molar-refractivity contribution in [2.24, 2.45) is 0 Å². The summed E-state index contributed by atoms with van der Waals surface area (Å²) in [7, 11) is 0. The second kappa shape index (κ2) is 11.9. The van der Waals surface area contributed by atoms with Gasteiger partial charge in [-0.2, -0.15) is 0 Å². The van der Waals surface area contributed by atoms with Crippen molar-refractivity contribution in [2.75, 3.05) is 0 Å². The van der Waals surface area contributed by atoms with Crippen LogP contribution in [0.15, 0.2) is 180 Å². The molecule has 0 fully saturated rings. The highest BCUT2D eigenvalue weighted by Gasteiger charge is 2.21. The molecule has 10 rings (SSSR count). The Bertz CT molecular complexity index is 2840. The fourth-order valence-electron chi connectivity index (χ4n) is 7.16. The lowest BCUT2D eigenvalue weighted by molar-refractivity contribution is 0.669. The van der Waals surface area contributed by atoms with Gasteiger partial charge >= 0.3 is 0 Å². The summed E-state index contributed by atoms with van der Waals surface area (Å²) in [5, 5.41) is 6.62. The predicted octanol–water partition coefficient (Wildman–Crippen LogP) is 12.4. The molecule has 0 radical (unpaired) electrons. The average molecular weight is 652 g/mol. The van der Waals surface area contributed by atoms with Crippen LogP contribution >= 0.6 is 0 Å². The third-order valence-corrected chi connectivity index (χ3v) is 9.71.